The minimum Gasteiger partial charge on any atom is -0.369 e. The maximum absolute atomic E-state index is 14.4. The summed E-state index contributed by atoms with van der Waals surface area (Å²) in [6.45, 7) is 3.32. The van der Waals surface area contributed by atoms with Crippen LogP contribution in [-0.2, 0) is 16.0 Å². The van der Waals surface area contributed by atoms with Crippen LogP contribution in [0.4, 0.5) is 21.6 Å². The molecule has 5 rings (SSSR count). The molecule has 1 saturated heterocycles. The van der Waals surface area contributed by atoms with Gasteiger partial charge in [-0.25, -0.2) is 9.37 Å². The molecule has 13 heteroatoms. The van der Waals surface area contributed by atoms with Crippen molar-refractivity contribution in [1.29, 1.82) is 0 Å². The van der Waals surface area contributed by atoms with Crippen LogP contribution in [0.1, 0.15) is 31.2 Å². The van der Waals surface area contributed by atoms with Gasteiger partial charge in [0.15, 0.2) is 11.6 Å². The number of amides is 1. The zero-order valence-corrected chi connectivity index (χ0v) is 23.0. The van der Waals surface area contributed by atoms with E-state index in [0.717, 1.165) is 50.9 Å². The number of hydrogen-bond donors (Lipinski definition) is 2. The number of likely N-dealkylation sites (N-methyl/N-ethyl adjacent to an activating group) is 1. The fourth-order valence-electron chi connectivity index (χ4n) is 6.87. The number of hydrogen-bond acceptors (Lipinski definition) is 9. The lowest BCUT2D eigenvalue weighted by Crippen LogP contribution is -2.45. The second kappa shape index (κ2) is 11.6. The largest absolute Gasteiger partial charge is 0.369 e. The first-order valence-corrected chi connectivity index (χ1v) is 13.9. The molecule has 2 aliphatic carbocycles. The Kier molecular flexibility index (Phi) is 8.18. The van der Waals surface area contributed by atoms with Crippen LogP contribution < -0.4 is 16.0 Å². The quantitative estimate of drug-likeness (QED) is 0.248. The number of aromatic nitrogens is 2. The van der Waals surface area contributed by atoms with Gasteiger partial charge in [0, 0.05) is 62.9 Å². The van der Waals surface area contributed by atoms with Crippen molar-refractivity contribution in [3.05, 3.63) is 51.2 Å². The SMILES string of the molecule is CN1CCN(c2ccc([N+](=O)[O-])cc2CC(=O)CC[C@@H]2C[C@H]3C[C@H]2[C@@H](Nc2nc(Cl)ncc2F)[C@H]3C(N)=O)CC1. The van der Waals surface area contributed by atoms with Crippen LogP contribution in [0.3, 0.4) is 0 Å². The highest BCUT2D eigenvalue weighted by molar-refractivity contribution is 6.28. The van der Waals surface area contributed by atoms with E-state index in [2.05, 4.69) is 32.1 Å². The highest BCUT2D eigenvalue weighted by Crippen LogP contribution is 2.54. The summed E-state index contributed by atoms with van der Waals surface area (Å²) >= 11 is 5.85. The third-order valence-corrected chi connectivity index (χ3v) is 8.97. The molecule has 1 aromatic carbocycles. The van der Waals surface area contributed by atoms with Crippen LogP contribution >= 0.6 is 11.6 Å². The molecule has 2 bridgehead atoms. The number of non-ortho nitro benzene ring substituents is 1. The standard InChI is InChI=1S/C27H33ClFN7O4/c1-34-6-8-35(9-7-34)22-5-3-18(36(39)40)11-16(22)12-19(37)4-2-15-10-17-13-20(15)24(23(17)25(30)38)32-26-21(29)14-31-27(28)33-26/h3,5,11,14-15,17,20,23-24H,2,4,6-10,12-13H2,1H3,(H2,30,38)(H,31,32,33)/t15-,17+,20-,23+,24-/m1/s1. The van der Waals surface area contributed by atoms with E-state index in [4.69, 9.17) is 17.3 Å². The molecule has 1 aliphatic heterocycles. The predicted octanol–water partition coefficient (Wildman–Crippen LogP) is 3.06. The van der Waals surface area contributed by atoms with E-state index in [0.29, 0.717) is 18.4 Å². The molecule has 0 radical (unpaired) electrons. The maximum atomic E-state index is 14.4. The monoisotopic (exact) mass is 573 g/mol. The number of anilines is 2. The summed E-state index contributed by atoms with van der Waals surface area (Å²) in [5.74, 6) is -1.45. The normalized spacial score (nSPS) is 26.2. The fourth-order valence-corrected chi connectivity index (χ4v) is 7.00. The Morgan fingerprint density at radius 1 is 1.25 bits per heavy atom. The zero-order chi connectivity index (χ0) is 28.6. The van der Waals surface area contributed by atoms with Gasteiger partial charge in [-0.3, -0.25) is 19.7 Å². The van der Waals surface area contributed by atoms with Gasteiger partial charge in [0.2, 0.25) is 11.2 Å². The van der Waals surface area contributed by atoms with Crippen LogP contribution in [0, 0.1) is 39.6 Å². The lowest BCUT2D eigenvalue weighted by atomic mass is 9.75. The lowest BCUT2D eigenvalue weighted by molar-refractivity contribution is -0.384. The molecule has 1 amide bonds. The summed E-state index contributed by atoms with van der Waals surface area (Å²) in [5.41, 5.74) is 7.23. The van der Waals surface area contributed by atoms with Crippen molar-refractivity contribution >= 4 is 40.5 Å². The topological polar surface area (TPSA) is 148 Å². The van der Waals surface area contributed by atoms with E-state index >= 15 is 0 Å². The molecule has 0 unspecified atom stereocenters. The number of benzene rings is 1. The van der Waals surface area contributed by atoms with Crippen molar-refractivity contribution in [2.24, 2.45) is 29.4 Å². The number of nitro groups is 1. The summed E-state index contributed by atoms with van der Waals surface area (Å²) in [7, 11) is 2.05. The Morgan fingerprint density at radius 2 is 2.00 bits per heavy atom. The maximum Gasteiger partial charge on any atom is 0.269 e. The van der Waals surface area contributed by atoms with Gasteiger partial charge < -0.3 is 20.9 Å². The Morgan fingerprint density at radius 3 is 2.70 bits per heavy atom. The van der Waals surface area contributed by atoms with Crippen LogP contribution in [0.15, 0.2) is 24.4 Å². The van der Waals surface area contributed by atoms with Gasteiger partial charge in [-0.1, -0.05) is 0 Å². The van der Waals surface area contributed by atoms with Gasteiger partial charge in [-0.15, -0.1) is 0 Å². The minimum absolute atomic E-state index is 0.00300. The number of nitrogens with one attached hydrogen (secondary N) is 1. The number of carbonyl (C=O) groups excluding carboxylic acids is 2. The van der Waals surface area contributed by atoms with Gasteiger partial charge in [-0.05, 0) is 67.3 Å². The summed E-state index contributed by atoms with van der Waals surface area (Å²) in [6, 6.07) is 4.34. The average molecular weight is 574 g/mol. The minimum atomic E-state index is -0.671. The van der Waals surface area contributed by atoms with Gasteiger partial charge >= 0.3 is 0 Å². The second-order valence-electron chi connectivity index (χ2n) is 11.2. The molecule has 3 fully saturated rings. The molecule has 3 aliphatic rings. The van der Waals surface area contributed by atoms with Crippen molar-refractivity contribution in [2.45, 2.75) is 38.1 Å². The van der Waals surface area contributed by atoms with Crippen molar-refractivity contribution in [3.63, 3.8) is 0 Å². The van der Waals surface area contributed by atoms with E-state index in [9.17, 15) is 24.1 Å². The molecule has 40 heavy (non-hydrogen) atoms. The average Bonchev–Trinajstić information content (AvgIpc) is 3.48. The van der Waals surface area contributed by atoms with Gasteiger partial charge in [-0.2, -0.15) is 4.98 Å². The molecule has 2 heterocycles. The van der Waals surface area contributed by atoms with Crippen molar-refractivity contribution in [2.75, 3.05) is 43.4 Å². The number of ketones is 1. The van der Waals surface area contributed by atoms with Gasteiger partial charge in [0.1, 0.15) is 5.78 Å². The molecule has 3 N–H and O–H groups in total. The van der Waals surface area contributed by atoms with E-state index in [1.54, 1.807) is 6.07 Å². The Hall–Kier alpha value is -3.38. The first-order valence-electron chi connectivity index (χ1n) is 13.6. The van der Waals surface area contributed by atoms with E-state index < -0.39 is 28.6 Å². The lowest BCUT2D eigenvalue weighted by Gasteiger charge is -2.35. The Balaban J connectivity index is 1.26. The molecule has 2 saturated carbocycles. The van der Waals surface area contributed by atoms with Gasteiger partial charge in [0.05, 0.1) is 17.0 Å². The third-order valence-electron chi connectivity index (χ3n) is 8.79. The number of nitrogens with two attached hydrogens (primary N) is 1. The Labute approximate surface area is 236 Å². The molecule has 5 atom stereocenters. The van der Waals surface area contributed by atoms with Crippen LogP contribution in [0.25, 0.3) is 0 Å². The van der Waals surface area contributed by atoms with Crippen molar-refractivity contribution in [1.82, 2.24) is 14.9 Å². The summed E-state index contributed by atoms with van der Waals surface area (Å²) < 4.78 is 14.4. The number of nitrogens with zero attached hydrogens (tertiary/aromatic N) is 5. The van der Waals surface area contributed by atoms with Crippen LogP contribution in [0.2, 0.25) is 5.28 Å². The summed E-state index contributed by atoms with van der Waals surface area (Å²) in [4.78, 5) is 48.5. The first kappa shape index (κ1) is 28.2. The first-order chi connectivity index (χ1) is 19.1. The zero-order valence-electron chi connectivity index (χ0n) is 22.3. The molecular formula is C27H33ClFN7O4. The van der Waals surface area contributed by atoms with Crippen LogP contribution in [0.5, 0.6) is 0 Å². The molecular weight excluding hydrogens is 541 g/mol. The summed E-state index contributed by atoms with van der Waals surface area (Å²) in [5, 5.41) is 14.4. The smallest absolute Gasteiger partial charge is 0.269 e. The van der Waals surface area contributed by atoms with Gasteiger partial charge in [0.25, 0.3) is 5.69 Å². The number of nitro benzene ring substituents is 1. The molecule has 1 aromatic heterocycles. The van der Waals surface area contributed by atoms with E-state index in [1.807, 2.05) is 0 Å². The number of Topliss-reactive ketones (excluding diaryl/α,β-unsaturated/α-hetero) is 1. The van der Waals surface area contributed by atoms with Crippen molar-refractivity contribution < 1.29 is 18.9 Å². The molecule has 11 nitrogen and oxygen atoms in total. The second-order valence-corrected chi connectivity index (χ2v) is 11.5. The van der Waals surface area contributed by atoms with E-state index in [-0.39, 0.29) is 46.7 Å². The number of piperazine rings is 1. The Bertz CT molecular complexity index is 1310. The fraction of sp³-hybridized carbons (Fsp3) is 0.556. The molecule has 0 spiro atoms. The predicted molar refractivity (Wildman–Crippen MR) is 148 cm³/mol. The number of carbonyl (C=O) groups is 2. The molecule has 214 valence electrons. The van der Waals surface area contributed by atoms with Crippen LogP contribution in [-0.4, -0.2) is 70.8 Å². The highest BCUT2D eigenvalue weighted by Gasteiger charge is 2.54. The number of fused-ring (bicyclic) bond motifs is 2. The van der Waals surface area contributed by atoms with E-state index in [1.165, 1.54) is 12.1 Å². The number of rotatable bonds is 10. The molecule has 2 aromatic rings. The van der Waals surface area contributed by atoms with Crippen molar-refractivity contribution in [3.8, 4) is 0 Å². The third kappa shape index (κ3) is 5.87. The number of primary amides is 1. The highest BCUT2D eigenvalue weighted by atomic mass is 35.5. The number of halogens is 2. The summed E-state index contributed by atoms with van der Waals surface area (Å²) in [6.07, 6.45) is 3.52.